The maximum Gasteiger partial charge on any atom is 0.227 e. The molecule has 5 nitrogen and oxygen atoms in total. The smallest absolute Gasteiger partial charge is 0.227 e. The maximum atomic E-state index is 13.6. The number of carbonyl (C=O) groups excluding carboxylic acids is 1. The Kier molecular flexibility index (Phi) is 8.77. The van der Waals surface area contributed by atoms with Crippen LogP contribution >= 0.6 is 11.8 Å². The fraction of sp³-hybridized carbons (Fsp3) is 0.206. The van der Waals surface area contributed by atoms with Gasteiger partial charge in [-0.1, -0.05) is 104 Å². The number of aryl methyl sites for hydroxylation is 1. The summed E-state index contributed by atoms with van der Waals surface area (Å²) in [5.41, 5.74) is 6.23. The lowest BCUT2D eigenvalue weighted by Gasteiger charge is -2.35. The quantitative estimate of drug-likeness (QED) is 0.163. The minimum atomic E-state index is -0.443. The molecule has 0 fully saturated rings. The predicted octanol–water partition coefficient (Wildman–Crippen LogP) is 7.30. The van der Waals surface area contributed by atoms with E-state index < -0.39 is 4.75 Å². The first-order chi connectivity index (χ1) is 19.6. The normalized spacial score (nSPS) is 11.3. The summed E-state index contributed by atoms with van der Waals surface area (Å²) in [5.74, 6) is 0.723. The van der Waals surface area contributed by atoms with Gasteiger partial charge in [-0.3, -0.25) is 9.78 Å². The summed E-state index contributed by atoms with van der Waals surface area (Å²) in [4.78, 5) is 19.6. The van der Waals surface area contributed by atoms with Crippen LogP contribution in [0.4, 0.5) is 5.69 Å². The number of nitrogens with zero attached hydrogens (tertiary/aromatic N) is 4. The van der Waals surface area contributed by atoms with Crippen molar-refractivity contribution in [3.63, 3.8) is 0 Å². The van der Waals surface area contributed by atoms with E-state index in [-0.39, 0.29) is 5.91 Å². The number of amides is 1. The molecule has 0 saturated carbocycles. The van der Waals surface area contributed by atoms with E-state index in [1.807, 2.05) is 60.0 Å². The molecular formula is C34H34N4OS. The number of anilines is 1. The molecule has 5 rings (SSSR count). The van der Waals surface area contributed by atoms with Gasteiger partial charge in [0.1, 0.15) is 0 Å². The average Bonchev–Trinajstić information content (AvgIpc) is 3.45. The Labute approximate surface area is 240 Å². The molecule has 0 saturated heterocycles. The van der Waals surface area contributed by atoms with E-state index in [2.05, 4.69) is 84.7 Å². The van der Waals surface area contributed by atoms with E-state index in [1.165, 1.54) is 16.7 Å². The number of benzene rings is 3. The standard InChI is InChI=1S/C34H34N4OS/c1-3-14-31-32(26-38(36-31)30-21-13-23-35-25-30)37(2)33(39)22-24-40-34(27-15-7-4-8-16-27,28-17-9-5-10-18-28)29-19-11-6-12-20-29/h4-13,15-21,23,25-26H,3,14,22,24H2,1-2H3. The first-order valence-electron chi connectivity index (χ1n) is 13.7. The Morgan fingerprint density at radius 3 is 1.93 bits per heavy atom. The van der Waals surface area contributed by atoms with E-state index in [0.29, 0.717) is 12.2 Å². The van der Waals surface area contributed by atoms with Crippen LogP contribution in [-0.4, -0.2) is 33.5 Å². The van der Waals surface area contributed by atoms with E-state index in [0.717, 1.165) is 29.9 Å². The van der Waals surface area contributed by atoms with Crippen molar-refractivity contribution < 1.29 is 4.79 Å². The highest BCUT2D eigenvalue weighted by atomic mass is 32.2. The molecule has 0 N–H and O–H groups in total. The maximum absolute atomic E-state index is 13.6. The third-order valence-electron chi connectivity index (χ3n) is 7.08. The average molecular weight is 547 g/mol. The summed E-state index contributed by atoms with van der Waals surface area (Å²) in [5, 5.41) is 4.79. The third kappa shape index (κ3) is 5.73. The molecule has 202 valence electrons. The summed E-state index contributed by atoms with van der Waals surface area (Å²) in [6.45, 7) is 2.13. The number of hydrogen-bond acceptors (Lipinski definition) is 4. The number of rotatable bonds is 11. The van der Waals surface area contributed by atoms with Crippen molar-refractivity contribution in [1.82, 2.24) is 14.8 Å². The van der Waals surface area contributed by atoms with Crippen molar-refractivity contribution >= 4 is 23.4 Å². The molecular weight excluding hydrogens is 512 g/mol. The number of hydrogen-bond donors (Lipinski definition) is 0. The number of aromatic nitrogens is 3. The highest BCUT2D eigenvalue weighted by molar-refractivity contribution is 8.00. The lowest BCUT2D eigenvalue weighted by Crippen LogP contribution is -2.29. The Hall–Kier alpha value is -4.16. The van der Waals surface area contributed by atoms with Crippen LogP contribution < -0.4 is 4.90 Å². The monoisotopic (exact) mass is 546 g/mol. The second-order valence-electron chi connectivity index (χ2n) is 9.70. The van der Waals surface area contributed by atoms with Crippen LogP contribution in [0, 0.1) is 0 Å². The van der Waals surface area contributed by atoms with Crippen molar-refractivity contribution in [1.29, 1.82) is 0 Å². The second kappa shape index (κ2) is 12.8. The van der Waals surface area contributed by atoms with Gasteiger partial charge < -0.3 is 4.90 Å². The Bertz CT molecular complexity index is 1410. The fourth-order valence-electron chi connectivity index (χ4n) is 5.08. The minimum absolute atomic E-state index is 0.0682. The first kappa shape index (κ1) is 27.4. The number of carbonyl (C=O) groups is 1. The molecule has 6 heteroatoms. The highest BCUT2D eigenvalue weighted by Gasteiger charge is 2.37. The van der Waals surface area contributed by atoms with Crippen LogP contribution in [-0.2, 0) is 16.0 Å². The second-order valence-corrected chi connectivity index (χ2v) is 11.0. The predicted molar refractivity (Wildman–Crippen MR) is 165 cm³/mol. The van der Waals surface area contributed by atoms with Crippen LogP contribution in [0.25, 0.3) is 5.69 Å². The molecule has 0 spiro atoms. The van der Waals surface area contributed by atoms with Gasteiger partial charge in [0.25, 0.3) is 0 Å². The molecule has 0 unspecified atom stereocenters. The zero-order chi connectivity index (χ0) is 27.8. The van der Waals surface area contributed by atoms with Gasteiger partial charge in [0.15, 0.2) is 0 Å². The van der Waals surface area contributed by atoms with E-state index in [9.17, 15) is 4.79 Å². The minimum Gasteiger partial charge on any atom is -0.312 e. The fourth-order valence-corrected chi connectivity index (χ4v) is 6.57. The van der Waals surface area contributed by atoms with Crippen molar-refractivity contribution in [2.75, 3.05) is 17.7 Å². The van der Waals surface area contributed by atoms with Crippen molar-refractivity contribution in [3.8, 4) is 5.69 Å². The van der Waals surface area contributed by atoms with E-state index >= 15 is 0 Å². The van der Waals surface area contributed by atoms with Gasteiger partial charge in [-0.2, -0.15) is 5.10 Å². The summed E-state index contributed by atoms with van der Waals surface area (Å²) in [7, 11) is 1.86. The highest BCUT2D eigenvalue weighted by Crippen LogP contribution is 2.48. The molecule has 2 heterocycles. The lowest BCUT2D eigenvalue weighted by atomic mass is 9.84. The summed E-state index contributed by atoms with van der Waals surface area (Å²) in [6, 6.07) is 35.6. The van der Waals surface area contributed by atoms with Crippen LogP contribution in [0.5, 0.6) is 0 Å². The number of thioether (sulfide) groups is 1. The molecule has 40 heavy (non-hydrogen) atoms. The van der Waals surface area contributed by atoms with Crippen LogP contribution in [0.3, 0.4) is 0 Å². The molecule has 3 aromatic carbocycles. The topological polar surface area (TPSA) is 51.0 Å². The molecule has 0 aliphatic rings. The number of pyridine rings is 1. The molecule has 5 aromatic rings. The Morgan fingerprint density at radius 2 is 1.43 bits per heavy atom. The van der Waals surface area contributed by atoms with E-state index in [1.54, 1.807) is 17.3 Å². The zero-order valence-electron chi connectivity index (χ0n) is 23.0. The van der Waals surface area contributed by atoms with Crippen LogP contribution in [0.15, 0.2) is 122 Å². The zero-order valence-corrected chi connectivity index (χ0v) is 23.8. The first-order valence-corrected chi connectivity index (χ1v) is 14.7. The van der Waals surface area contributed by atoms with Crippen LogP contribution in [0.2, 0.25) is 0 Å². The third-order valence-corrected chi connectivity index (χ3v) is 8.63. The van der Waals surface area contributed by atoms with Gasteiger partial charge in [0.05, 0.1) is 34.2 Å². The summed E-state index contributed by atoms with van der Waals surface area (Å²) in [6.07, 6.45) is 7.61. The van der Waals surface area contributed by atoms with E-state index in [4.69, 9.17) is 5.10 Å². The van der Waals surface area contributed by atoms with Gasteiger partial charge in [-0.05, 0) is 35.2 Å². The van der Waals surface area contributed by atoms with Crippen LogP contribution in [0.1, 0.15) is 42.1 Å². The summed E-state index contributed by atoms with van der Waals surface area (Å²) >= 11 is 1.81. The van der Waals surface area contributed by atoms with Gasteiger partial charge in [0.2, 0.25) is 5.91 Å². The van der Waals surface area contributed by atoms with Crippen molar-refractivity contribution in [2.45, 2.75) is 30.9 Å². The van der Waals surface area contributed by atoms with Crippen molar-refractivity contribution in [3.05, 3.63) is 144 Å². The lowest BCUT2D eigenvalue weighted by molar-refractivity contribution is -0.117. The molecule has 1 amide bonds. The summed E-state index contributed by atoms with van der Waals surface area (Å²) < 4.78 is 1.37. The Balaban J connectivity index is 1.42. The SMILES string of the molecule is CCCc1nn(-c2cccnc2)cc1N(C)C(=O)CCSC(c1ccccc1)(c1ccccc1)c1ccccc1. The van der Waals surface area contributed by atoms with Gasteiger partial charge in [-0.15, -0.1) is 11.8 Å². The molecule has 0 radical (unpaired) electrons. The molecule has 0 atom stereocenters. The van der Waals surface area contributed by atoms with Gasteiger partial charge >= 0.3 is 0 Å². The van der Waals surface area contributed by atoms with Gasteiger partial charge in [-0.25, -0.2) is 4.68 Å². The molecule has 2 aromatic heterocycles. The Morgan fingerprint density at radius 1 is 0.850 bits per heavy atom. The largest absolute Gasteiger partial charge is 0.312 e. The van der Waals surface area contributed by atoms with Crippen molar-refractivity contribution in [2.24, 2.45) is 0 Å². The molecule has 0 aliphatic heterocycles. The van der Waals surface area contributed by atoms with Gasteiger partial charge in [0, 0.05) is 25.4 Å². The molecule has 0 bridgehead atoms. The molecule has 0 aliphatic carbocycles.